The highest BCUT2D eigenvalue weighted by molar-refractivity contribution is 5.99. The van der Waals surface area contributed by atoms with Crippen LogP contribution in [0.2, 0.25) is 0 Å². The van der Waals surface area contributed by atoms with E-state index < -0.39 is 24.0 Å². The van der Waals surface area contributed by atoms with E-state index in [2.05, 4.69) is 5.32 Å². The number of carbonyl (C=O) groups is 3. The van der Waals surface area contributed by atoms with Crippen LogP contribution in [-0.2, 0) is 20.8 Å². The molecule has 26 heavy (non-hydrogen) atoms. The minimum absolute atomic E-state index is 0.121. The molecule has 140 valence electrons. The second-order valence-electron chi connectivity index (χ2n) is 6.30. The van der Waals surface area contributed by atoms with Gasteiger partial charge in [0.1, 0.15) is 6.04 Å². The van der Waals surface area contributed by atoms with E-state index in [1.165, 1.54) is 0 Å². The highest BCUT2D eigenvalue weighted by Crippen LogP contribution is 2.28. The zero-order valence-electron chi connectivity index (χ0n) is 13.9. The molecule has 1 unspecified atom stereocenters. The van der Waals surface area contributed by atoms with E-state index in [1.54, 1.807) is 4.90 Å². The number of benzene rings is 1. The van der Waals surface area contributed by atoms with Crippen molar-refractivity contribution < 1.29 is 27.6 Å². The van der Waals surface area contributed by atoms with E-state index in [-0.39, 0.29) is 25.4 Å². The van der Waals surface area contributed by atoms with Gasteiger partial charge in [-0.1, -0.05) is 18.2 Å². The minimum atomic E-state index is -5.02. The Hall–Kier alpha value is -2.58. The van der Waals surface area contributed by atoms with Crippen LogP contribution in [0.4, 0.5) is 18.9 Å². The molecular formula is C17H18F3N3O3. The van der Waals surface area contributed by atoms with Gasteiger partial charge >= 0.3 is 12.1 Å². The van der Waals surface area contributed by atoms with Crippen LogP contribution >= 0.6 is 0 Å². The SMILES string of the molecule is O=C(NCC(=O)N1CCc2ccccc21)C1CCCN1C(=O)C(F)(F)F. The monoisotopic (exact) mass is 369 g/mol. The number of alkyl halides is 3. The fraction of sp³-hybridized carbons (Fsp3) is 0.471. The normalized spacial score (nSPS) is 19.4. The van der Waals surface area contributed by atoms with Crippen molar-refractivity contribution in [1.29, 1.82) is 0 Å². The highest BCUT2D eigenvalue weighted by atomic mass is 19.4. The standard InChI is InChI=1S/C17H18F3N3O3/c18-17(19,20)16(26)23-8-3-6-13(23)15(25)21-10-14(24)22-9-7-11-4-1-2-5-12(11)22/h1-2,4-5,13H,3,6-10H2,(H,21,25). The largest absolute Gasteiger partial charge is 0.471 e. The number of halogens is 3. The van der Waals surface area contributed by atoms with Crippen molar-refractivity contribution in [2.24, 2.45) is 0 Å². The van der Waals surface area contributed by atoms with Crippen molar-refractivity contribution >= 4 is 23.4 Å². The second-order valence-corrected chi connectivity index (χ2v) is 6.30. The van der Waals surface area contributed by atoms with Crippen molar-refractivity contribution in [3.8, 4) is 0 Å². The maximum Gasteiger partial charge on any atom is 0.471 e. The van der Waals surface area contributed by atoms with Gasteiger partial charge in [0.2, 0.25) is 11.8 Å². The third kappa shape index (κ3) is 3.51. The molecule has 2 heterocycles. The molecule has 9 heteroatoms. The van der Waals surface area contributed by atoms with Crippen LogP contribution in [0, 0.1) is 0 Å². The highest BCUT2D eigenvalue weighted by Gasteiger charge is 2.47. The van der Waals surface area contributed by atoms with E-state index >= 15 is 0 Å². The molecule has 2 aliphatic rings. The summed E-state index contributed by atoms with van der Waals surface area (Å²) in [6.45, 7) is 0.0533. The van der Waals surface area contributed by atoms with E-state index in [4.69, 9.17) is 0 Å². The van der Waals surface area contributed by atoms with Gasteiger partial charge in [0, 0.05) is 18.8 Å². The summed E-state index contributed by atoms with van der Waals surface area (Å²) in [7, 11) is 0. The molecule has 0 radical (unpaired) electrons. The van der Waals surface area contributed by atoms with Gasteiger partial charge in [-0.3, -0.25) is 14.4 Å². The lowest BCUT2D eigenvalue weighted by Crippen LogP contribution is -2.51. The Morgan fingerprint density at radius 3 is 2.62 bits per heavy atom. The number of hydrogen-bond acceptors (Lipinski definition) is 3. The number of nitrogens with zero attached hydrogens (tertiary/aromatic N) is 2. The molecular weight excluding hydrogens is 351 g/mol. The summed E-state index contributed by atoms with van der Waals surface area (Å²) < 4.78 is 37.8. The zero-order chi connectivity index (χ0) is 18.9. The van der Waals surface area contributed by atoms with Crippen molar-refractivity contribution in [2.75, 3.05) is 24.5 Å². The number of carbonyl (C=O) groups excluding carboxylic acids is 3. The molecule has 0 saturated carbocycles. The first-order valence-corrected chi connectivity index (χ1v) is 8.33. The lowest BCUT2D eigenvalue weighted by molar-refractivity contribution is -0.186. The van der Waals surface area contributed by atoms with Gasteiger partial charge in [-0.25, -0.2) is 0 Å². The lowest BCUT2D eigenvalue weighted by Gasteiger charge is -2.25. The predicted octanol–water partition coefficient (Wildman–Crippen LogP) is 1.25. The summed E-state index contributed by atoms with van der Waals surface area (Å²) in [6.07, 6.45) is -3.84. The average Bonchev–Trinajstić information content (AvgIpc) is 3.24. The summed E-state index contributed by atoms with van der Waals surface area (Å²) in [5.41, 5.74) is 1.81. The summed E-state index contributed by atoms with van der Waals surface area (Å²) in [5, 5.41) is 2.38. The molecule has 1 N–H and O–H groups in total. The maximum atomic E-state index is 12.6. The molecule has 1 fully saturated rings. The summed E-state index contributed by atoms with van der Waals surface area (Å²) in [5.74, 6) is -3.09. The Morgan fingerprint density at radius 1 is 1.15 bits per heavy atom. The zero-order valence-corrected chi connectivity index (χ0v) is 13.9. The molecule has 0 aliphatic carbocycles. The predicted molar refractivity (Wildman–Crippen MR) is 86.3 cm³/mol. The molecule has 0 aromatic heterocycles. The number of amides is 3. The van der Waals surface area contributed by atoms with Gasteiger partial charge in [-0.2, -0.15) is 13.2 Å². The molecule has 0 spiro atoms. The smallest absolute Gasteiger partial charge is 0.345 e. The van der Waals surface area contributed by atoms with E-state index in [9.17, 15) is 27.6 Å². The first-order valence-electron chi connectivity index (χ1n) is 8.33. The van der Waals surface area contributed by atoms with Crippen LogP contribution in [0.5, 0.6) is 0 Å². The third-order valence-corrected chi connectivity index (χ3v) is 4.66. The Bertz CT molecular complexity index is 735. The number of rotatable bonds is 3. The average molecular weight is 369 g/mol. The number of hydrogen-bond donors (Lipinski definition) is 1. The van der Waals surface area contributed by atoms with Crippen LogP contribution in [0.1, 0.15) is 18.4 Å². The second kappa shape index (κ2) is 6.97. The van der Waals surface area contributed by atoms with E-state index in [0.29, 0.717) is 24.3 Å². The van der Waals surface area contributed by atoms with Crippen molar-refractivity contribution in [2.45, 2.75) is 31.5 Å². The summed E-state index contributed by atoms with van der Waals surface area (Å²) in [4.78, 5) is 38.1. The van der Waals surface area contributed by atoms with Crippen LogP contribution in [0.3, 0.4) is 0 Å². The molecule has 3 rings (SSSR count). The number of likely N-dealkylation sites (tertiary alicyclic amines) is 1. The van der Waals surface area contributed by atoms with Gasteiger partial charge in [0.05, 0.1) is 6.54 Å². The lowest BCUT2D eigenvalue weighted by atomic mass is 10.2. The minimum Gasteiger partial charge on any atom is -0.345 e. The maximum absolute atomic E-state index is 12.6. The van der Waals surface area contributed by atoms with Crippen LogP contribution in [-0.4, -0.2) is 54.5 Å². The molecule has 6 nitrogen and oxygen atoms in total. The number of anilines is 1. The summed E-state index contributed by atoms with van der Waals surface area (Å²) >= 11 is 0. The molecule has 1 aromatic rings. The molecule has 1 saturated heterocycles. The van der Waals surface area contributed by atoms with E-state index in [1.807, 2.05) is 24.3 Å². The third-order valence-electron chi connectivity index (χ3n) is 4.66. The first kappa shape index (κ1) is 18.2. The Kier molecular flexibility index (Phi) is 4.88. The van der Waals surface area contributed by atoms with Crippen LogP contribution in [0.25, 0.3) is 0 Å². The Balaban J connectivity index is 1.59. The van der Waals surface area contributed by atoms with E-state index in [0.717, 1.165) is 11.3 Å². The molecule has 3 amide bonds. The number of fused-ring (bicyclic) bond motifs is 1. The van der Waals surface area contributed by atoms with Crippen LogP contribution in [0.15, 0.2) is 24.3 Å². The first-order chi connectivity index (χ1) is 12.3. The quantitative estimate of drug-likeness (QED) is 0.872. The molecule has 1 atom stereocenters. The molecule has 1 aromatic carbocycles. The fourth-order valence-electron chi connectivity index (χ4n) is 3.42. The molecule has 0 bridgehead atoms. The van der Waals surface area contributed by atoms with Gasteiger partial charge in [-0.15, -0.1) is 0 Å². The molecule has 2 aliphatic heterocycles. The van der Waals surface area contributed by atoms with Crippen molar-refractivity contribution in [3.63, 3.8) is 0 Å². The fourth-order valence-corrected chi connectivity index (χ4v) is 3.42. The van der Waals surface area contributed by atoms with Crippen molar-refractivity contribution in [1.82, 2.24) is 10.2 Å². The topological polar surface area (TPSA) is 69.7 Å². The van der Waals surface area contributed by atoms with Gasteiger partial charge in [0.15, 0.2) is 0 Å². The number of para-hydroxylation sites is 1. The Morgan fingerprint density at radius 2 is 1.88 bits per heavy atom. The Labute approximate surface area is 147 Å². The number of nitrogens with one attached hydrogen (secondary N) is 1. The van der Waals surface area contributed by atoms with Gasteiger partial charge in [0.25, 0.3) is 0 Å². The van der Waals surface area contributed by atoms with Crippen molar-refractivity contribution in [3.05, 3.63) is 29.8 Å². The van der Waals surface area contributed by atoms with Crippen LogP contribution < -0.4 is 10.2 Å². The van der Waals surface area contributed by atoms with Gasteiger partial charge in [-0.05, 0) is 30.9 Å². The van der Waals surface area contributed by atoms with Gasteiger partial charge < -0.3 is 15.1 Å². The summed E-state index contributed by atoms with van der Waals surface area (Å²) in [6, 6.07) is 6.22.